The number of halogens is 1. The zero-order valence-corrected chi connectivity index (χ0v) is 13.1. The van der Waals surface area contributed by atoms with Crippen molar-refractivity contribution in [2.45, 2.75) is 18.4 Å². The van der Waals surface area contributed by atoms with Gasteiger partial charge >= 0.3 is 0 Å². The Kier molecular flexibility index (Phi) is 4.17. The summed E-state index contributed by atoms with van der Waals surface area (Å²) in [6, 6.07) is 6.43. The summed E-state index contributed by atoms with van der Waals surface area (Å²) in [6.07, 6.45) is 1.81. The van der Waals surface area contributed by atoms with E-state index in [0.717, 1.165) is 11.3 Å². The zero-order valence-electron chi connectivity index (χ0n) is 11.5. The maximum Gasteiger partial charge on any atom is 0.244 e. The lowest BCUT2D eigenvalue weighted by Crippen LogP contribution is -2.26. The molecule has 1 aromatic carbocycles. The van der Waals surface area contributed by atoms with Gasteiger partial charge in [0.15, 0.2) is 0 Å². The smallest absolute Gasteiger partial charge is 0.244 e. The average Bonchev–Trinajstić information content (AvgIpc) is 2.68. The molecule has 7 heteroatoms. The third-order valence-corrected chi connectivity index (χ3v) is 5.34. The number of sulfonamides is 1. The predicted octanol–water partition coefficient (Wildman–Crippen LogP) is 2.20. The number of hydrogen-bond donors (Lipinski definition) is 0. The van der Waals surface area contributed by atoms with E-state index in [0.29, 0.717) is 0 Å². The molecule has 0 aliphatic carbocycles. The molecular weight excluding hydrogens is 298 g/mol. The van der Waals surface area contributed by atoms with Crippen LogP contribution < -0.4 is 0 Å². The second-order valence-corrected chi connectivity index (χ2v) is 7.03. The van der Waals surface area contributed by atoms with Gasteiger partial charge in [0.2, 0.25) is 10.0 Å². The number of aryl methyl sites for hydroxylation is 2. The quantitative estimate of drug-likeness (QED) is 0.869. The fraction of sp³-hybridized carbons (Fsp3) is 0.308. The number of benzene rings is 1. The van der Waals surface area contributed by atoms with Gasteiger partial charge in [0.1, 0.15) is 4.90 Å². The van der Waals surface area contributed by atoms with Crippen LogP contribution in [0.5, 0.6) is 0 Å². The summed E-state index contributed by atoms with van der Waals surface area (Å²) >= 11 is 5.97. The highest BCUT2D eigenvalue weighted by molar-refractivity contribution is 7.89. The van der Waals surface area contributed by atoms with E-state index in [1.54, 1.807) is 29.9 Å². The van der Waals surface area contributed by atoms with Crippen molar-refractivity contribution in [2.75, 3.05) is 7.05 Å². The van der Waals surface area contributed by atoms with Gasteiger partial charge in [-0.05, 0) is 19.1 Å². The van der Waals surface area contributed by atoms with E-state index in [1.807, 2.05) is 13.1 Å². The van der Waals surface area contributed by atoms with Crippen LogP contribution in [0, 0.1) is 6.92 Å². The van der Waals surface area contributed by atoms with E-state index >= 15 is 0 Å². The second kappa shape index (κ2) is 5.55. The summed E-state index contributed by atoms with van der Waals surface area (Å²) in [5, 5.41) is 4.43. The molecule has 5 nitrogen and oxygen atoms in total. The molecule has 2 rings (SSSR count). The van der Waals surface area contributed by atoms with E-state index in [4.69, 9.17) is 11.6 Å². The zero-order chi connectivity index (χ0) is 14.9. The summed E-state index contributed by atoms with van der Waals surface area (Å²) < 4.78 is 27.9. The minimum absolute atomic E-state index is 0.116. The lowest BCUT2D eigenvalue weighted by Gasteiger charge is -2.17. The molecule has 0 fully saturated rings. The van der Waals surface area contributed by atoms with Crippen molar-refractivity contribution in [3.8, 4) is 0 Å². The fourth-order valence-corrected chi connectivity index (χ4v) is 3.59. The van der Waals surface area contributed by atoms with Gasteiger partial charge in [0.05, 0.1) is 10.7 Å². The lowest BCUT2D eigenvalue weighted by atomic mass is 10.3. The van der Waals surface area contributed by atoms with E-state index < -0.39 is 10.0 Å². The van der Waals surface area contributed by atoms with Crippen LogP contribution in [0.2, 0.25) is 5.02 Å². The monoisotopic (exact) mass is 313 g/mol. The standard InChI is InChI=1S/C13H16ClN3O2S/c1-10-11(8-16(2)15-10)9-17(3)20(18,19)13-7-5-4-6-12(13)14/h4-8H,9H2,1-3H3. The lowest BCUT2D eigenvalue weighted by molar-refractivity contribution is 0.466. The molecule has 0 atom stereocenters. The first kappa shape index (κ1) is 15.0. The van der Waals surface area contributed by atoms with Crippen LogP contribution in [0.15, 0.2) is 35.4 Å². The molecule has 0 bridgehead atoms. The molecule has 108 valence electrons. The van der Waals surface area contributed by atoms with Gasteiger partial charge in [-0.25, -0.2) is 8.42 Å². The minimum Gasteiger partial charge on any atom is -0.275 e. The number of nitrogens with zero attached hydrogens (tertiary/aromatic N) is 3. The molecule has 0 amide bonds. The summed E-state index contributed by atoms with van der Waals surface area (Å²) in [6.45, 7) is 2.11. The molecular formula is C13H16ClN3O2S. The Morgan fingerprint density at radius 2 is 2.00 bits per heavy atom. The Morgan fingerprint density at radius 1 is 1.35 bits per heavy atom. The third kappa shape index (κ3) is 2.87. The van der Waals surface area contributed by atoms with Gasteiger partial charge < -0.3 is 0 Å². The fourth-order valence-electron chi connectivity index (χ4n) is 1.95. The van der Waals surface area contributed by atoms with Crippen molar-refractivity contribution in [3.05, 3.63) is 46.7 Å². The average molecular weight is 314 g/mol. The number of hydrogen-bond acceptors (Lipinski definition) is 3. The molecule has 0 spiro atoms. The Bertz CT molecular complexity index is 725. The summed E-state index contributed by atoms with van der Waals surface area (Å²) in [7, 11) is -0.274. The molecule has 0 unspecified atom stereocenters. The predicted molar refractivity (Wildman–Crippen MR) is 78.0 cm³/mol. The largest absolute Gasteiger partial charge is 0.275 e. The molecule has 0 saturated carbocycles. The van der Waals surface area contributed by atoms with Gasteiger partial charge in [0, 0.05) is 32.4 Å². The summed E-state index contributed by atoms with van der Waals surface area (Å²) in [5.74, 6) is 0. The van der Waals surface area contributed by atoms with Gasteiger partial charge in [0.25, 0.3) is 0 Å². The number of rotatable bonds is 4. The summed E-state index contributed by atoms with van der Waals surface area (Å²) in [5.41, 5.74) is 1.68. The molecule has 0 N–H and O–H groups in total. The highest BCUT2D eigenvalue weighted by atomic mass is 35.5. The van der Waals surface area contributed by atoms with Crippen molar-refractivity contribution in [1.29, 1.82) is 0 Å². The van der Waals surface area contributed by atoms with Gasteiger partial charge in [-0.1, -0.05) is 23.7 Å². The molecule has 0 saturated heterocycles. The van der Waals surface area contributed by atoms with Crippen LogP contribution in [-0.2, 0) is 23.6 Å². The third-order valence-electron chi connectivity index (χ3n) is 3.03. The van der Waals surface area contributed by atoms with Crippen molar-refractivity contribution < 1.29 is 8.42 Å². The van der Waals surface area contributed by atoms with Crippen molar-refractivity contribution >= 4 is 21.6 Å². The molecule has 20 heavy (non-hydrogen) atoms. The van der Waals surface area contributed by atoms with Gasteiger partial charge in [-0.15, -0.1) is 0 Å². The van der Waals surface area contributed by atoms with Crippen LogP contribution in [0.25, 0.3) is 0 Å². The van der Waals surface area contributed by atoms with E-state index in [-0.39, 0.29) is 16.5 Å². The maximum absolute atomic E-state index is 12.5. The van der Waals surface area contributed by atoms with E-state index in [9.17, 15) is 8.42 Å². The Morgan fingerprint density at radius 3 is 2.55 bits per heavy atom. The van der Waals surface area contributed by atoms with Crippen LogP contribution in [-0.4, -0.2) is 29.6 Å². The molecule has 0 aliphatic heterocycles. The normalized spacial score (nSPS) is 12.1. The van der Waals surface area contributed by atoms with Crippen LogP contribution >= 0.6 is 11.6 Å². The Labute approximate surface area is 123 Å². The Hall–Kier alpha value is -1.37. The van der Waals surface area contributed by atoms with E-state index in [1.165, 1.54) is 17.4 Å². The van der Waals surface area contributed by atoms with Crippen LogP contribution in [0.1, 0.15) is 11.3 Å². The highest BCUT2D eigenvalue weighted by Crippen LogP contribution is 2.24. The summed E-state index contributed by atoms with van der Waals surface area (Å²) in [4.78, 5) is 0.116. The van der Waals surface area contributed by atoms with Crippen LogP contribution in [0.3, 0.4) is 0 Å². The topological polar surface area (TPSA) is 55.2 Å². The van der Waals surface area contributed by atoms with Crippen LogP contribution in [0.4, 0.5) is 0 Å². The molecule has 1 heterocycles. The van der Waals surface area contributed by atoms with Gasteiger partial charge in [-0.3, -0.25) is 4.68 Å². The highest BCUT2D eigenvalue weighted by Gasteiger charge is 2.24. The first-order chi connectivity index (χ1) is 9.32. The van der Waals surface area contributed by atoms with Crippen molar-refractivity contribution in [1.82, 2.24) is 14.1 Å². The SMILES string of the molecule is Cc1nn(C)cc1CN(C)S(=O)(=O)c1ccccc1Cl. The number of aromatic nitrogens is 2. The molecule has 1 aromatic heterocycles. The molecule has 0 aliphatic rings. The molecule has 0 radical (unpaired) electrons. The molecule has 2 aromatic rings. The van der Waals surface area contributed by atoms with Crippen molar-refractivity contribution in [3.63, 3.8) is 0 Å². The minimum atomic E-state index is -3.61. The second-order valence-electron chi connectivity index (χ2n) is 4.60. The first-order valence-corrected chi connectivity index (χ1v) is 7.84. The van der Waals surface area contributed by atoms with Crippen molar-refractivity contribution in [2.24, 2.45) is 7.05 Å². The maximum atomic E-state index is 12.5. The Balaban J connectivity index is 2.31. The van der Waals surface area contributed by atoms with Gasteiger partial charge in [-0.2, -0.15) is 9.40 Å². The first-order valence-electron chi connectivity index (χ1n) is 6.02. The van der Waals surface area contributed by atoms with E-state index in [2.05, 4.69) is 5.10 Å².